The van der Waals surface area contributed by atoms with E-state index < -0.39 is 5.97 Å². The van der Waals surface area contributed by atoms with Gasteiger partial charge in [-0.25, -0.2) is 4.79 Å². The molecule has 1 heterocycles. The number of rotatable bonds is 3. The van der Waals surface area contributed by atoms with Gasteiger partial charge >= 0.3 is 24.8 Å². The third-order valence-corrected chi connectivity index (χ3v) is 4.16. The normalized spacial score (nSPS) is 14.8. The summed E-state index contributed by atoms with van der Waals surface area (Å²) in [5.74, 6) is -1.07. The van der Waals surface area contributed by atoms with Gasteiger partial charge in [0.05, 0.1) is 5.56 Å². The topological polar surface area (TPSA) is 77.9 Å². The molecule has 1 aliphatic rings. The van der Waals surface area contributed by atoms with E-state index in [4.69, 9.17) is 5.11 Å². The average molecular weight is 312 g/mol. The van der Waals surface area contributed by atoms with E-state index in [1.807, 2.05) is 0 Å². The van der Waals surface area contributed by atoms with Crippen LogP contribution in [0.1, 0.15) is 40.5 Å². The van der Waals surface area contributed by atoms with Crippen LogP contribution in [0.3, 0.4) is 0 Å². The minimum absolute atomic E-state index is 0. The Morgan fingerprint density at radius 1 is 1.09 bits per heavy atom. The van der Waals surface area contributed by atoms with Crippen molar-refractivity contribution in [3.63, 3.8) is 0 Å². The predicted octanol–water partition coefficient (Wildman–Crippen LogP) is 0.819. The molecule has 7 heteroatoms. The summed E-state index contributed by atoms with van der Waals surface area (Å²) in [5.41, 5.74) is 0.635. The van der Waals surface area contributed by atoms with Gasteiger partial charge in [0, 0.05) is 38.7 Å². The van der Waals surface area contributed by atoms with E-state index in [2.05, 4.69) is 0 Å². The van der Waals surface area contributed by atoms with Crippen LogP contribution in [0.15, 0.2) is 24.3 Å². The zero-order valence-electron chi connectivity index (χ0n) is 12.8. The molecule has 1 aromatic rings. The van der Waals surface area contributed by atoms with Gasteiger partial charge in [-0.3, -0.25) is 9.59 Å². The fourth-order valence-corrected chi connectivity index (χ4v) is 2.69. The number of likely N-dealkylation sites (tertiary alicyclic amines) is 1. The number of hydrogen-bond donors (Lipinski definition) is 1. The third-order valence-electron chi connectivity index (χ3n) is 4.16. The molecule has 0 unspecified atom stereocenters. The minimum atomic E-state index is -1.01. The van der Waals surface area contributed by atoms with Gasteiger partial charge in [0.15, 0.2) is 0 Å². The van der Waals surface area contributed by atoms with Gasteiger partial charge < -0.3 is 14.9 Å². The zero-order chi connectivity index (χ0) is 16.3. The summed E-state index contributed by atoms with van der Waals surface area (Å²) < 4.78 is 0. The van der Waals surface area contributed by atoms with E-state index in [-0.39, 0.29) is 42.3 Å². The standard InChI is InChI=1S/C16H20N2O4.Li.H/c1-11(19)18-9-7-14(8-10-18)17(2)15(20)12-3-5-13(6-4-12)16(21)22;;/h3-6,14H,7-10H2,1-2H3,(H,21,22);;. The Hall–Kier alpha value is -1.77. The van der Waals surface area contributed by atoms with E-state index in [1.165, 1.54) is 24.3 Å². The fraction of sp³-hybridized carbons (Fsp3) is 0.438. The van der Waals surface area contributed by atoms with Crippen LogP contribution in [0, 0.1) is 0 Å². The first-order valence-corrected chi connectivity index (χ1v) is 7.26. The molecule has 1 saturated heterocycles. The summed E-state index contributed by atoms with van der Waals surface area (Å²) in [4.78, 5) is 38.1. The molecule has 1 aliphatic heterocycles. The second-order valence-electron chi connectivity index (χ2n) is 5.54. The molecule has 0 saturated carbocycles. The van der Waals surface area contributed by atoms with Gasteiger partial charge in [0.1, 0.15) is 0 Å². The molecule has 2 rings (SSSR count). The molecule has 0 aliphatic carbocycles. The van der Waals surface area contributed by atoms with Crippen LogP contribution in [-0.2, 0) is 4.79 Å². The maximum absolute atomic E-state index is 12.4. The Bertz CT molecular complexity index is 580. The van der Waals surface area contributed by atoms with Gasteiger partial charge in [0.25, 0.3) is 5.91 Å². The van der Waals surface area contributed by atoms with Crippen molar-refractivity contribution in [3.05, 3.63) is 35.4 Å². The van der Waals surface area contributed by atoms with E-state index in [9.17, 15) is 14.4 Å². The fourth-order valence-electron chi connectivity index (χ4n) is 2.69. The molecule has 2 amide bonds. The number of benzene rings is 1. The first kappa shape index (κ1) is 19.3. The second-order valence-corrected chi connectivity index (χ2v) is 5.54. The molecule has 120 valence electrons. The Labute approximate surface area is 147 Å². The SMILES string of the molecule is CC(=O)N1CCC(N(C)C(=O)c2ccc(C(=O)O)cc2)CC1.[LiH]. The van der Waals surface area contributed by atoms with Crippen LogP contribution in [-0.4, -0.2) is 77.7 Å². The Morgan fingerprint density at radius 2 is 1.57 bits per heavy atom. The Balaban J connectivity index is 0.00000264. The van der Waals surface area contributed by atoms with Gasteiger partial charge in [-0.15, -0.1) is 0 Å². The van der Waals surface area contributed by atoms with E-state index >= 15 is 0 Å². The van der Waals surface area contributed by atoms with Crippen molar-refractivity contribution in [2.45, 2.75) is 25.8 Å². The molecule has 0 bridgehead atoms. The van der Waals surface area contributed by atoms with E-state index in [1.54, 1.807) is 23.8 Å². The van der Waals surface area contributed by atoms with Crippen molar-refractivity contribution in [2.75, 3.05) is 20.1 Å². The Kier molecular flexibility index (Phi) is 6.86. The third kappa shape index (κ3) is 4.60. The van der Waals surface area contributed by atoms with Gasteiger partial charge in [-0.05, 0) is 37.1 Å². The van der Waals surface area contributed by atoms with Gasteiger partial charge in [0.2, 0.25) is 5.91 Å². The summed E-state index contributed by atoms with van der Waals surface area (Å²) in [5, 5.41) is 8.87. The van der Waals surface area contributed by atoms with E-state index in [0.717, 1.165) is 12.8 Å². The van der Waals surface area contributed by atoms with Crippen molar-refractivity contribution in [3.8, 4) is 0 Å². The molecule has 0 atom stereocenters. The quantitative estimate of drug-likeness (QED) is 0.838. The number of hydrogen-bond acceptors (Lipinski definition) is 3. The molecule has 6 nitrogen and oxygen atoms in total. The van der Waals surface area contributed by atoms with Crippen molar-refractivity contribution in [1.82, 2.24) is 9.80 Å². The predicted molar refractivity (Wildman–Crippen MR) is 87.9 cm³/mol. The van der Waals surface area contributed by atoms with Gasteiger partial charge in [-0.1, -0.05) is 0 Å². The van der Waals surface area contributed by atoms with Crippen molar-refractivity contribution >= 4 is 36.6 Å². The number of carbonyl (C=O) groups excluding carboxylic acids is 2. The van der Waals surface area contributed by atoms with Crippen molar-refractivity contribution < 1.29 is 19.5 Å². The maximum atomic E-state index is 12.4. The van der Waals surface area contributed by atoms with Crippen LogP contribution in [0.2, 0.25) is 0 Å². The molecule has 1 fully saturated rings. The molecule has 23 heavy (non-hydrogen) atoms. The van der Waals surface area contributed by atoms with E-state index in [0.29, 0.717) is 18.7 Å². The molecule has 0 spiro atoms. The number of carbonyl (C=O) groups is 3. The summed E-state index contributed by atoms with van der Waals surface area (Å²) in [6, 6.07) is 6.03. The number of piperidine rings is 1. The zero-order valence-corrected chi connectivity index (χ0v) is 12.8. The first-order valence-electron chi connectivity index (χ1n) is 7.26. The van der Waals surface area contributed by atoms with Crippen molar-refractivity contribution in [1.29, 1.82) is 0 Å². The molecule has 0 aromatic heterocycles. The number of amides is 2. The average Bonchev–Trinajstić information content (AvgIpc) is 2.53. The Morgan fingerprint density at radius 3 is 2.00 bits per heavy atom. The summed E-state index contributed by atoms with van der Waals surface area (Å²) in [6.07, 6.45) is 1.52. The molecule has 1 aromatic carbocycles. The summed E-state index contributed by atoms with van der Waals surface area (Å²) in [6.45, 7) is 2.88. The van der Waals surface area contributed by atoms with Crippen molar-refractivity contribution in [2.24, 2.45) is 0 Å². The second kappa shape index (κ2) is 8.18. The molecular weight excluding hydrogens is 291 g/mol. The molecule has 0 radical (unpaired) electrons. The van der Waals surface area contributed by atoms with Crippen LogP contribution >= 0.6 is 0 Å². The number of aromatic carboxylic acids is 1. The first-order chi connectivity index (χ1) is 10.4. The molecule has 1 N–H and O–H groups in total. The van der Waals surface area contributed by atoms with Gasteiger partial charge in [-0.2, -0.15) is 0 Å². The number of nitrogens with zero attached hydrogens (tertiary/aromatic N) is 2. The summed E-state index contributed by atoms with van der Waals surface area (Å²) in [7, 11) is 1.75. The van der Waals surface area contributed by atoms with Crippen LogP contribution in [0.5, 0.6) is 0 Å². The van der Waals surface area contributed by atoms with Crippen LogP contribution in [0.4, 0.5) is 0 Å². The molecular formula is C16H21LiN2O4. The summed E-state index contributed by atoms with van der Waals surface area (Å²) >= 11 is 0. The monoisotopic (exact) mass is 312 g/mol. The number of carboxylic acid groups (broad SMARTS) is 1. The number of carboxylic acids is 1. The van der Waals surface area contributed by atoms with Crippen LogP contribution < -0.4 is 0 Å². The van der Waals surface area contributed by atoms with Crippen LogP contribution in [0.25, 0.3) is 0 Å².